The van der Waals surface area contributed by atoms with Crippen molar-refractivity contribution in [2.45, 2.75) is 24.4 Å². The van der Waals surface area contributed by atoms with Gasteiger partial charge < -0.3 is 10.5 Å². The molecular weight excluding hydrogens is 380 g/mol. The number of nitriles is 1. The first-order valence-electron chi connectivity index (χ1n) is 8.18. The van der Waals surface area contributed by atoms with Gasteiger partial charge in [0, 0.05) is 10.8 Å². The van der Waals surface area contributed by atoms with Gasteiger partial charge in [0.1, 0.15) is 35.5 Å². The molecule has 5 nitrogen and oxygen atoms in total. The van der Waals surface area contributed by atoms with Gasteiger partial charge in [-0.15, -0.1) is 0 Å². The normalized spacial score (nSPS) is 10.4. The zero-order valence-electron chi connectivity index (χ0n) is 14.6. The lowest BCUT2D eigenvalue weighted by atomic mass is 10.2. The average molecular weight is 397 g/mol. The van der Waals surface area contributed by atoms with Crippen molar-refractivity contribution in [3.8, 4) is 11.8 Å². The highest BCUT2D eigenvalue weighted by Crippen LogP contribution is 2.24. The predicted molar refractivity (Wildman–Crippen MR) is 108 cm³/mol. The van der Waals surface area contributed by atoms with Gasteiger partial charge in [-0.05, 0) is 42.3 Å². The number of hydrogen-bond acceptors (Lipinski definition) is 6. The van der Waals surface area contributed by atoms with E-state index >= 15 is 0 Å². The molecule has 1 heterocycles. The maximum Gasteiger partial charge on any atom is 0.190 e. The summed E-state index contributed by atoms with van der Waals surface area (Å²) in [4.78, 5) is 8.70. The second kappa shape index (κ2) is 8.76. The summed E-state index contributed by atoms with van der Waals surface area (Å²) in [5.41, 5.74) is 8.86. The molecule has 0 bridgehead atoms. The standard InChI is InChI=1S/C20H17ClN4OS/c1-13-3-2-4-16(9-13)26-11-18-17(10-22)19(23)25-20(24-18)27-12-14-5-7-15(21)8-6-14/h2-9H,11-12H2,1H3,(H2,23,24,25). The molecular formula is C20H17ClN4OS. The number of nitrogens with zero attached hydrogens (tertiary/aromatic N) is 3. The van der Waals surface area contributed by atoms with Crippen LogP contribution in [0.3, 0.4) is 0 Å². The SMILES string of the molecule is Cc1cccc(OCc2nc(SCc3ccc(Cl)cc3)nc(N)c2C#N)c1. The molecule has 3 aromatic rings. The molecule has 0 atom stereocenters. The van der Waals surface area contributed by atoms with Gasteiger partial charge in [-0.25, -0.2) is 9.97 Å². The summed E-state index contributed by atoms with van der Waals surface area (Å²) < 4.78 is 5.78. The maximum absolute atomic E-state index is 9.38. The Kier molecular flexibility index (Phi) is 6.17. The van der Waals surface area contributed by atoms with Crippen molar-refractivity contribution in [3.63, 3.8) is 0 Å². The largest absolute Gasteiger partial charge is 0.487 e. The van der Waals surface area contributed by atoms with Crippen LogP contribution in [0, 0.1) is 18.3 Å². The number of halogens is 1. The number of nitrogens with two attached hydrogens (primary N) is 1. The molecule has 2 aromatic carbocycles. The van der Waals surface area contributed by atoms with E-state index in [1.165, 1.54) is 11.8 Å². The maximum atomic E-state index is 9.38. The van der Waals surface area contributed by atoms with E-state index in [0.29, 0.717) is 27.4 Å². The van der Waals surface area contributed by atoms with Crippen LogP contribution in [0.2, 0.25) is 5.02 Å². The first-order chi connectivity index (χ1) is 13.0. The van der Waals surface area contributed by atoms with Crippen LogP contribution in [0.1, 0.15) is 22.4 Å². The first kappa shape index (κ1) is 19.0. The van der Waals surface area contributed by atoms with Gasteiger partial charge in [0.15, 0.2) is 5.16 Å². The zero-order chi connectivity index (χ0) is 19.2. The molecule has 0 aliphatic carbocycles. The Bertz CT molecular complexity index is 986. The second-order valence-corrected chi connectivity index (χ2v) is 7.22. The van der Waals surface area contributed by atoms with E-state index in [1.807, 2.05) is 55.5 Å². The van der Waals surface area contributed by atoms with Crippen LogP contribution in [-0.2, 0) is 12.4 Å². The molecule has 0 saturated heterocycles. The number of thioether (sulfide) groups is 1. The fraction of sp³-hybridized carbons (Fsp3) is 0.150. The molecule has 27 heavy (non-hydrogen) atoms. The molecule has 0 unspecified atom stereocenters. The van der Waals surface area contributed by atoms with Crippen LogP contribution in [0.5, 0.6) is 5.75 Å². The van der Waals surface area contributed by atoms with Crippen molar-refractivity contribution in [1.82, 2.24) is 9.97 Å². The topological polar surface area (TPSA) is 84.8 Å². The van der Waals surface area contributed by atoms with Crippen molar-refractivity contribution in [2.75, 3.05) is 5.73 Å². The van der Waals surface area contributed by atoms with E-state index in [-0.39, 0.29) is 18.0 Å². The van der Waals surface area contributed by atoms with E-state index in [4.69, 9.17) is 22.1 Å². The highest BCUT2D eigenvalue weighted by Gasteiger charge is 2.14. The summed E-state index contributed by atoms with van der Waals surface area (Å²) >= 11 is 7.35. The summed E-state index contributed by atoms with van der Waals surface area (Å²) in [6.45, 7) is 2.13. The third-order valence-corrected chi connectivity index (χ3v) is 4.92. The Morgan fingerprint density at radius 1 is 1.19 bits per heavy atom. The van der Waals surface area contributed by atoms with Crippen molar-refractivity contribution in [3.05, 3.63) is 75.9 Å². The van der Waals surface area contributed by atoms with Crippen LogP contribution < -0.4 is 10.5 Å². The monoisotopic (exact) mass is 396 g/mol. The zero-order valence-corrected chi connectivity index (χ0v) is 16.2. The highest BCUT2D eigenvalue weighted by atomic mass is 35.5. The fourth-order valence-electron chi connectivity index (χ4n) is 2.38. The number of rotatable bonds is 6. The highest BCUT2D eigenvalue weighted by molar-refractivity contribution is 7.98. The van der Waals surface area contributed by atoms with Gasteiger partial charge in [0.2, 0.25) is 0 Å². The molecule has 0 aliphatic heterocycles. The quantitative estimate of drug-likeness (QED) is 0.477. The average Bonchev–Trinajstić information content (AvgIpc) is 2.66. The van der Waals surface area contributed by atoms with Gasteiger partial charge in [-0.2, -0.15) is 5.26 Å². The van der Waals surface area contributed by atoms with Crippen molar-refractivity contribution >= 4 is 29.2 Å². The van der Waals surface area contributed by atoms with Gasteiger partial charge in [-0.3, -0.25) is 0 Å². The predicted octanol–water partition coefficient (Wildman–Crippen LogP) is 4.76. The smallest absolute Gasteiger partial charge is 0.190 e. The molecule has 3 rings (SSSR count). The summed E-state index contributed by atoms with van der Waals surface area (Å²) in [6, 6.07) is 17.3. The lowest BCUT2D eigenvalue weighted by Gasteiger charge is -2.10. The van der Waals surface area contributed by atoms with Crippen LogP contribution in [0.4, 0.5) is 5.82 Å². The Labute approximate surface area is 167 Å². The van der Waals surface area contributed by atoms with E-state index in [9.17, 15) is 5.26 Å². The summed E-state index contributed by atoms with van der Waals surface area (Å²) in [7, 11) is 0. The summed E-state index contributed by atoms with van der Waals surface area (Å²) in [6.07, 6.45) is 0. The lowest BCUT2D eigenvalue weighted by Crippen LogP contribution is -2.08. The number of hydrogen-bond donors (Lipinski definition) is 1. The summed E-state index contributed by atoms with van der Waals surface area (Å²) in [5.74, 6) is 1.54. The number of benzene rings is 2. The molecule has 0 amide bonds. The van der Waals surface area contributed by atoms with Crippen LogP contribution >= 0.6 is 23.4 Å². The van der Waals surface area contributed by atoms with E-state index < -0.39 is 0 Å². The minimum atomic E-state index is 0.146. The number of aromatic nitrogens is 2. The molecule has 0 radical (unpaired) electrons. The van der Waals surface area contributed by atoms with Gasteiger partial charge in [0.05, 0.1) is 0 Å². The van der Waals surface area contributed by atoms with Gasteiger partial charge in [-0.1, -0.05) is 47.6 Å². The molecule has 0 aliphatic rings. The Morgan fingerprint density at radius 2 is 1.96 bits per heavy atom. The lowest BCUT2D eigenvalue weighted by molar-refractivity contribution is 0.299. The third kappa shape index (κ3) is 5.13. The molecule has 0 spiro atoms. The van der Waals surface area contributed by atoms with Gasteiger partial charge in [0.25, 0.3) is 0 Å². The third-order valence-electron chi connectivity index (χ3n) is 3.75. The van der Waals surface area contributed by atoms with Crippen molar-refractivity contribution in [1.29, 1.82) is 5.26 Å². The minimum Gasteiger partial charge on any atom is -0.487 e. The Hall–Kier alpha value is -2.75. The van der Waals surface area contributed by atoms with Crippen LogP contribution in [0.25, 0.3) is 0 Å². The number of ether oxygens (including phenoxy) is 1. The summed E-state index contributed by atoms with van der Waals surface area (Å²) in [5, 5.41) is 10.6. The minimum absolute atomic E-state index is 0.146. The second-order valence-electron chi connectivity index (χ2n) is 5.85. The van der Waals surface area contributed by atoms with E-state index in [0.717, 1.165) is 11.1 Å². The number of nitrogen functional groups attached to an aromatic ring is 1. The molecule has 2 N–H and O–H groups in total. The Morgan fingerprint density at radius 3 is 2.67 bits per heavy atom. The van der Waals surface area contributed by atoms with Gasteiger partial charge >= 0.3 is 0 Å². The number of anilines is 1. The van der Waals surface area contributed by atoms with Crippen LogP contribution in [-0.4, -0.2) is 9.97 Å². The fourth-order valence-corrected chi connectivity index (χ4v) is 3.33. The van der Waals surface area contributed by atoms with Crippen molar-refractivity contribution in [2.24, 2.45) is 0 Å². The van der Waals surface area contributed by atoms with Crippen LogP contribution in [0.15, 0.2) is 53.7 Å². The number of aryl methyl sites for hydroxylation is 1. The van der Waals surface area contributed by atoms with E-state index in [2.05, 4.69) is 16.0 Å². The first-order valence-corrected chi connectivity index (χ1v) is 9.54. The molecule has 7 heteroatoms. The molecule has 1 aromatic heterocycles. The Balaban J connectivity index is 1.76. The molecule has 0 saturated carbocycles. The molecule has 136 valence electrons. The van der Waals surface area contributed by atoms with Crippen molar-refractivity contribution < 1.29 is 4.74 Å². The molecule has 0 fully saturated rings. The van der Waals surface area contributed by atoms with E-state index in [1.54, 1.807) is 0 Å².